The van der Waals surface area contributed by atoms with Gasteiger partial charge in [0.2, 0.25) is 17.8 Å². The molecule has 8 heteroatoms. The normalized spacial score (nSPS) is 16.4. The molecule has 1 fully saturated rings. The van der Waals surface area contributed by atoms with Crippen molar-refractivity contribution in [3.05, 3.63) is 72.3 Å². The summed E-state index contributed by atoms with van der Waals surface area (Å²) >= 11 is 0. The van der Waals surface area contributed by atoms with Crippen LogP contribution in [0.4, 0.5) is 23.5 Å². The largest absolute Gasteiger partial charge is 0.338 e. The highest BCUT2D eigenvalue weighted by molar-refractivity contribution is 6.10. The number of anilines is 4. The van der Waals surface area contributed by atoms with E-state index in [4.69, 9.17) is 15.0 Å². The summed E-state index contributed by atoms with van der Waals surface area (Å²) in [6.45, 7) is 4.36. The number of rotatable bonds is 5. The number of amidine groups is 1. The number of nitrogens with zero attached hydrogens (tertiary/aromatic N) is 7. The van der Waals surface area contributed by atoms with Crippen molar-refractivity contribution in [3.63, 3.8) is 0 Å². The van der Waals surface area contributed by atoms with Crippen LogP contribution in [-0.4, -0.2) is 72.5 Å². The summed E-state index contributed by atoms with van der Waals surface area (Å²) in [6.07, 6.45) is 2.06. The average Bonchev–Trinajstić information content (AvgIpc) is 3.33. The summed E-state index contributed by atoms with van der Waals surface area (Å²) in [7, 11) is 4.12. The van der Waals surface area contributed by atoms with Gasteiger partial charge in [0.05, 0.1) is 6.54 Å². The molecule has 0 aliphatic carbocycles. The minimum Gasteiger partial charge on any atom is -0.338 e. The fourth-order valence-electron chi connectivity index (χ4n) is 3.92. The minimum atomic E-state index is 0.501. The van der Waals surface area contributed by atoms with Crippen LogP contribution in [0.1, 0.15) is 5.56 Å². The molecule has 1 saturated heterocycles. The van der Waals surface area contributed by atoms with Gasteiger partial charge in [-0.1, -0.05) is 48.5 Å². The standard InChI is InChI=1S/C25H28N8/c1-31-13-15-33(16-14-31)25-29-23(28-24(30-25)32(2)21-11-7-4-8-12-21)27-22-17-20(18-26-22)19-9-5-3-6-10-19/h3-12,17H,13-16,18H2,1-2H3,(H,26,27,28,29,30). The van der Waals surface area contributed by atoms with Gasteiger partial charge in [-0.25, -0.2) is 0 Å². The Morgan fingerprint density at radius 3 is 2.27 bits per heavy atom. The quantitative estimate of drug-likeness (QED) is 0.653. The topological polar surface area (TPSA) is 72.8 Å². The molecule has 0 amide bonds. The monoisotopic (exact) mass is 440 g/mol. The van der Waals surface area contributed by atoms with Crippen LogP contribution in [0.15, 0.2) is 71.7 Å². The van der Waals surface area contributed by atoms with E-state index >= 15 is 0 Å². The molecule has 0 spiro atoms. The van der Waals surface area contributed by atoms with Gasteiger partial charge in [-0.2, -0.15) is 15.0 Å². The molecule has 5 rings (SSSR count). The molecule has 2 aromatic carbocycles. The number of nitrogens with one attached hydrogen (secondary N) is 1. The lowest BCUT2D eigenvalue weighted by molar-refractivity contribution is 0.311. The number of para-hydroxylation sites is 1. The summed E-state index contributed by atoms with van der Waals surface area (Å²) in [5.74, 6) is 2.54. The van der Waals surface area contributed by atoms with E-state index in [9.17, 15) is 0 Å². The summed E-state index contributed by atoms with van der Waals surface area (Å²) in [5.41, 5.74) is 3.37. The van der Waals surface area contributed by atoms with Crippen LogP contribution in [-0.2, 0) is 0 Å². The first-order valence-electron chi connectivity index (χ1n) is 11.2. The first-order valence-corrected chi connectivity index (χ1v) is 11.2. The minimum absolute atomic E-state index is 0.501. The molecule has 2 aliphatic rings. The van der Waals surface area contributed by atoms with Gasteiger partial charge < -0.3 is 20.0 Å². The Balaban J connectivity index is 1.43. The Morgan fingerprint density at radius 1 is 0.848 bits per heavy atom. The van der Waals surface area contributed by atoms with Gasteiger partial charge in [0.15, 0.2) is 0 Å². The van der Waals surface area contributed by atoms with Gasteiger partial charge in [-0.05, 0) is 36.4 Å². The average molecular weight is 441 g/mol. The Morgan fingerprint density at radius 2 is 1.55 bits per heavy atom. The molecule has 3 aromatic rings. The molecule has 1 aromatic heterocycles. The van der Waals surface area contributed by atoms with Crippen LogP contribution in [0.3, 0.4) is 0 Å². The van der Waals surface area contributed by atoms with Crippen LogP contribution < -0.4 is 15.1 Å². The predicted octanol–water partition coefficient (Wildman–Crippen LogP) is 3.30. The third-order valence-electron chi connectivity index (χ3n) is 5.96. The smallest absolute Gasteiger partial charge is 0.236 e. The lowest BCUT2D eigenvalue weighted by Gasteiger charge is -2.32. The first-order chi connectivity index (χ1) is 16.2. The first kappa shape index (κ1) is 21.1. The number of piperazine rings is 1. The van der Waals surface area contributed by atoms with Crippen molar-refractivity contribution < 1.29 is 0 Å². The Kier molecular flexibility index (Phi) is 5.99. The van der Waals surface area contributed by atoms with E-state index in [1.807, 2.05) is 60.5 Å². The van der Waals surface area contributed by atoms with Crippen molar-refractivity contribution >= 4 is 34.9 Å². The summed E-state index contributed by atoms with van der Waals surface area (Å²) in [5, 5.41) is 3.32. The maximum absolute atomic E-state index is 4.81. The van der Waals surface area contributed by atoms with Gasteiger partial charge in [0.1, 0.15) is 5.84 Å². The van der Waals surface area contributed by atoms with E-state index in [1.54, 1.807) is 0 Å². The SMILES string of the molecule is CN1CCN(c2nc(NC3=NCC(c4ccccc4)=C3)nc(N(C)c3ccccc3)n2)CC1. The third kappa shape index (κ3) is 4.85. The van der Waals surface area contributed by atoms with Crippen LogP contribution in [0.5, 0.6) is 0 Å². The zero-order chi connectivity index (χ0) is 22.6. The molecule has 0 unspecified atom stereocenters. The molecule has 168 valence electrons. The zero-order valence-corrected chi connectivity index (χ0v) is 19.0. The third-order valence-corrected chi connectivity index (χ3v) is 5.96. The Bertz CT molecular complexity index is 1150. The van der Waals surface area contributed by atoms with Crippen molar-refractivity contribution in [3.8, 4) is 0 Å². The fraction of sp³-hybridized carbons (Fsp3) is 0.280. The van der Waals surface area contributed by atoms with Crippen molar-refractivity contribution in [1.29, 1.82) is 0 Å². The van der Waals surface area contributed by atoms with Crippen LogP contribution in [0, 0.1) is 0 Å². The Labute approximate surface area is 194 Å². The summed E-state index contributed by atoms with van der Waals surface area (Å²) in [6, 6.07) is 20.4. The molecule has 2 aliphatic heterocycles. The lowest BCUT2D eigenvalue weighted by atomic mass is 10.1. The Hall–Kier alpha value is -3.78. The highest BCUT2D eigenvalue weighted by Crippen LogP contribution is 2.24. The van der Waals surface area contributed by atoms with E-state index in [0.717, 1.165) is 37.7 Å². The van der Waals surface area contributed by atoms with Crippen LogP contribution >= 0.6 is 0 Å². The van der Waals surface area contributed by atoms with Gasteiger partial charge in [-0.15, -0.1) is 0 Å². The van der Waals surface area contributed by atoms with Crippen molar-refractivity contribution in [2.75, 3.05) is 61.9 Å². The second kappa shape index (κ2) is 9.38. The van der Waals surface area contributed by atoms with Gasteiger partial charge in [0, 0.05) is 38.9 Å². The van der Waals surface area contributed by atoms with E-state index in [0.29, 0.717) is 24.4 Å². The van der Waals surface area contributed by atoms with E-state index in [-0.39, 0.29) is 0 Å². The number of hydrogen-bond acceptors (Lipinski definition) is 8. The molecule has 0 radical (unpaired) electrons. The second-order valence-electron chi connectivity index (χ2n) is 8.31. The number of likely N-dealkylation sites (N-methyl/N-ethyl adjacent to an activating group) is 1. The molecule has 8 nitrogen and oxygen atoms in total. The van der Waals surface area contributed by atoms with Crippen molar-refractivity contribution in [2.24, 2.45) is 4.99 Å². The molecule has 0 bridgehead atoms. The molecule has 0 atom stereocenters. The number of hydrogen-bond donors (Lipinski definition) is 1. The maximum atomic E-state index is 4.81. The molecule has 0 saturated carbocycles. The fourth-order valence-corrected chi connectivity index (χ4v) is 3.92. The van der Waals surface area contributed by atoms with Gasteiger partial charge >= 0.3 is 0 Å². The van der Waals surface area contributed by atoms with Crippen LogP contribution in [0.2, 0.25) is 0 Å². The van der Waals surface area contributed by atoms with Crippen LogP contribution in [0.25, 0.3) is 5.57 Å². The molecular weight excluding hydrogens is 412 g/mol. The van der Waals surface area contributed by atoms with Crippen molar-refractivity contribution in [1.82, 2.24) is 19.9 Å². The molecule has 3 heterocycles. The number of benzene rings is 2. The van der Waals surface area contributed by atoms with E-state index in [1.165, 1.54) is 11.1 Å². The highest BCUT2D eigenvalue weighted by Gasteiger charge is 2.21. The summed E-state index contributed by atoms with van der Waals surface area (Å²) < 4.78 is 0. The van der Waals surface area contributed by atoms with E-state index in [2.05, 4.69) is 45.4 Å². The second-order valence-corrected chi connectivity index (χ2v) is 8.31. The number of aliphatic imine (C=N–C) groups is 1. The maximum Gasteiger partial charge on any atom is 0.236 e. The van der Waals surface area contributed by atoms with Gasteiger partial charge in [-0.3, -0.25) is 4.99 Å². The molecule has 1 N–H and O–H groups in total. The van der Waals surface area contributed by atoms with Crippen molar-refractivity contribution in [2.45, 2.75) is 0 Å². The number of aromatic nitrogens is 3. The van der Waals surface area contributed by atoms with E-state index < -0.39 is 0 Å². The summed E-state index contributed by atoms with van der Waals surface area (Å²) in [4.78, 5) is 25.5. The predicted molar refractivity (Wildman–Crippen MR) is 134 cm³/mol. The zero-order valence-electron chi connectivity index (χ0n) is 19.0. The lowest BCUT2D eigenvalue weighted by Crippen LogP contribution is -2.45. The highest BCUT2D eigenvalue weighted by atomic mass is 15.4. The van der Waals surface area contributed by atoms with Gasteiger partial charge in [0.25, 0.3) is 0 Å². The molecular formula is C25H28N8. The molecule has 33 heavy (non-hydrogen) atoms.